The fraction of sp³-hybridized carbons (Fsp3) is 0.0952. The molecule has 278 valence electrons. The summed E-state index contributed by atoms with van der Waals surface area (Å²) >= 11 is 9.01. The van der Waals surface area contributed by atoms with Crippen LogP contribution in [0.3, 0.4) is 0 Å². The van der Waals surface area contributed by atoms with Crippen LogP contribution in [0.25, 0.3) is 17.3 Å². The minimum absolute atomic E-state index is 0.0569. The normalized spacial score (nSPS) is 11.6. The number of nitrogens with zero attached hydrogens (tertiary/aromatic N) is 1. The average molecular weight is 791 g/mol. The number of rotatable bonds is 14. The van der Waals surface area contributed by atoms with Crippen LogP contribution >= 0.6 is 34.7 Å². The molecule has 1 unspecified atom stereocenters. The van der Waals surface area contributed by atoms with Gasteiger partial charge in [0.25, 0.3) is 11.8 Å². The molecule has 13 heteroatoms. The standard InChI is InChI=1S/C42H35ClN4O6S2/c1-51-35-24-37(53-3)36(52-2)22-28(35)21-33(45-39(48)27-15-8-5-9-16-27)40(49)44-29-17-12-18-30(23-29)55-38(26-13-6-4-7-14-26)41(50)47-42-46-34(25-54-42)31-19-10-11-20-32(31)43/h4-25,38H,1-3H3,(H,44,49)(H,45,48)(H,46,47,50)/b33-21+. The van der Waals surface area contributed by atoms with Gasteiger partial charge in [-0.05, 0) is 54.1 Å². The van der Waals surface area contributed by atoms with Gasteiger partial charge in [-0.25, -0.2) is 4.98 Å². The maximum Gasteiger partial charge on any atom is 0.272 e. The van der Waals surface area contributed by atoms with E-state index in [0.29, 0.717) is 54.8 Å². The fourth-order valence-corrected chi connectivity index (χ4v) is 7.47. The summed E-state index contributed by atoms with van der Waals surface area (Å²) in [5.41, 5.74) is 3.41. The van der Waals surface area contributed by atoms with Gasteiger partial charge in [0.1, 0.15) is 16.7 Å². The highest BCUT2D eigenvalue weighted by Gasteiger charge is 2.24. The number of benzene rings is 5. The van der Waals surface area contributed by atoms with Crippen molar-refractivity contribution in [2.45, 2.75) is 10.1 Å². The number of aromatic nitrogens is 1. The summed E-state index contributed by atoms with van der Waals surface area (Å²) in [6.07, 6.45) is 1.50. The van der Waals surface area contributed by atoms with Crippen molar-refractivity contribution in [3.63, 3.8) is 0 Å². The lowest BCUT2D eigenvalue weighted by Gasteiger charge is -2.17. The Kier molecular flexibility index (Phi) is 12.9. The fourth-order valence-electron chi connectivity index (χ4n) is 5.44. The molecule has 0 saturated heterocycles. The minimum Gasteiger partial charge on any atom is -0.496 e. The number of hydrogen-bond donors (Lipinski definition) is 3. The predicted octanol–water partition coefficient (Wildman–Crippen LogP) is 9.37. The molecular weight excluding hydrogens is 756 g/mol. The number of amides is 3. The number of thiazole rings is 1. The highest BCUT2D eigenvalue weighted by molar-refractivity contribution is 8.00. The zero-order valence-corrected chi connectivity index (χ0v) is 32.3. The van der Waals surface area contributed by atoms with Crippen LogP contribution in [0.4, 0.5) is 10.8 Å². The summed E-state index contributed by atoms with van der Waals surface area (Å²) in [6.45, 7) is 0. The SMILES string of the molecule is COc1cc(OC)c(OC)cc1/C=C(/NC(=O)c1ccccc1)C(=O)Nc1cccc(SC(C(=O)Nc2nc(-c3ccccc3Cl)cs2)c2ccccc2)c1. The van der Waals surface area contributed by atoms with Crippen molar-refractivity contribution in [1.29, 1.82) is 0 Å². The maximum absolute atomic E-state index is 14.0. The van der Waals surface area contributed by atoms with E-state index in [1.165, 1.54) is 50.5 Å². The van der Waals surface area contributed by atoms with E-state index in [1.54, 1.807) is 66.7 Å². The van der Waals surface area contributed by atoms with Crippen molar-refractivity contribution in [3.8, 4) is 28.5 Å². The second-order valence-electron chi connectivity index (χ2n) is 11.7. The molecule has 0 radical (unpaired) electrons. The second kappa shape index (κ2) is 18.3. The molecule has 0 aliphatic rings. The lowest BCUT2D eigenvalue weighted by molar-refractivity contribution is -0.116. The van der Waals surface area contributed by atoms with E-state index in [4.69, 9.17) is 25.8 Å². The number of methoxy groups -OCH3 is 3. The van der Waals surface area contributed by atoms with E-state index in [9.17, 15) is 14.4 Å². The molecule has 6 rings (SSSR count). The van der Waals surface area contributed by atoms with Crippen LogP contribution in [0.1, 0.15) is 26.7 Å². The maximum atomic E-state index is 14.0. The Bertz CT molecular complexity index is 2340. The van der Waals surface area contributed by atoms with Crippen LogP contribution in [-0.4, -0.2) is 44.0 Å². The van der Waals surface area contributed by atoms with Gasteiger partial charge >= 0.3 is 0 Å². The molecule has 0 aliphatic carbocycles. The highest BCUT2D eigenvalue weighted by Crippen LogP contribution is 2.39. The summed E-state index contributed by atoms with van der Waals surface area (Å²) < 4.78 is 16.5. The molecular formula is C42H35ClN4O6S2. The Morgan fingerprint density at radius 1 is 0.764 bits per heavy atom. The first-order chi connectivity index (χ1) is 26.8. The summed E-state index contributed by atoms with van der Waals surface area (Å²) in [7, 11) is 4.49. The molecule has 3 N–H and O–H groups in total. The van der Waals surface area contributed by atoms with E-state index >= 15 is 0 Å². The summed E-state index contributed by atoms with van der Waals surface area (Å²) in [5, 5.41) is 10.8. The summed E-state index contributed by atoms with van der Waals surface area (Å²) in [4.78, 5) is 46.5. The highest BCUT2D eigenvalue weighted by atomic mass is 35.5. The number of hydrogen-bond acceptors (Lipinski definition) is 9. The smallest absolute Gasteiger partial charge is 0.272 e. The minimum atomic E-state index is -0.669. The molecule has 0 aliphatic heterocycles. The van der Waals surface area contributed by atoms with E-state index in [0.717, 1.165) is 11.1 Å². The molecule has 3 amide bonds. The van der Waals surface area contributed by atoms with E-state index in [-0.39, 0.29) is 11.6 Å². The number of nitrogens with one attached hydrogen (secondary N) is 3. The molecule has 0 saturated carbocycles. The largest absolute Gasteiger partial charge is 0.496 e. The molecule has 0 fully saturated rings. The molecule has 5 aromatic carbocycles. The Balaban J connectivity index is 1.26. The van der Waals surface area contributed by atoms with Crippen LogP contribution in [0, 0.1) is 0 Å². The molecule has 10 nitrogen and oxygen atoms in total. The van der Waals surface area contributed by atoms with Gasteiger partial charge in [0.2, 0.25) is 5.91 Å². The van der Waals surface area contributed by atoms with E-state index in [1.807, 2.05) is 60.0 Å². The van der Waals surface area contributed by atoms with Crippen LogP contribution in [0.5, 0.6) is 17.2 Å². The van der Waals surface area contributed by atoms with E-state index in [2.05, 4.69) is 20.9 Å². The van der Waals surface area contributed by atoms with Crippen LogP contribution in [0.2, 0.25) is 5.02 Å². The van der Waals surface area contributed by atoms with Crippen molar-refractivity contribution < 1.29 is 28.6 Å². The first-order valence-electron chi connectivity index (χ1n) is 16.8. The molecule has 0 bridgehead atoms. The van der Waals surface area contributed by atoms with Crippen molar-refractivity contribution >= 4 is 69.3 Å². The first-order valence-corrected chi connectivity index (χ1v) is 18.9. The van der Waals surface area contributed by atoms with Crippen molar-refractivity contribution in [2.75, 3.05) is 32.0 Å². The third kappa shape index (κ3) is 9.73. The number of carbonyl (C=O) groups excluding carboxylic acids is 3. The monoisotopic (exact) mass is 790 g/mol. The zero-order chi connectivity index (χ0) is 38.7. The lowest BCUT2D eigenvalue weighted by Crippen LogP contribution is -2.30. The van der Waals surface area contributed by atoms with Gasteiger partial charge < -0.3 is 30.2 Å². The molecule has 1 aromatic heterocycles. The van der Waals surface area contributed by atoms with Gasteiger partial charge in [0, 0.05) is 43.7 Å². The zero-order valence-electron chi connectivity index (χ0n) is 29.9. The average Bonchev–Trinajstić information content (AvgIpc) is 3.68. The number of halogens is 1. The van der Waals surface area contributed by atoms with Crippen LogP contribution in [0.15, 0.2) is 137 Å². The van der Waals surface area contributed by atoms with Gasteiger partial charge in [-0.3, -0.25) is 14.4 Å². The van der Waals surface area contributed by atoms with Crippen molar-refractivity contribution in [3.05, 3.63) is 154 Å². The molecule has 1 atom stereocenters. The number of anilines is 2. The Morgan fingerprint density at radius 2 is 1.44 bits per heavy atom. The Labute approximate surface area is 331 Å². The van der Waals surface area contributed by atoms with Crippen molar-refractivity contribution in [1.82, 2.24) is 10.3 Å². The van der Waals surface area contributed by atoms with Crippen molar-refractivity contribution in [2.24, 2.45) is 0 Å². The van der Waals surface area contributed by atoms with Gasteiger partial charge in [-0.15, -0.1) is 23.1 Å². The predicted molar refractivity (Wildman–Crippen MR) is 219 cm³/mol. The number of carbonyl (C=O) groups is 3. The van der Waals surface area contributed by atoms with Crippen LogP contribution in [-0.2, 0) is 9.59 Å². The van der Waals surface area contributed by atoms with Gasteiger partial charge in [-0.1, -0.05) is 84.4 Å². The Morgan fingerprint density at radius 3 is 2.15 bits per heavy atom. The molecule has 0 spiro atoms. The summed E-state index contributed by atoms with van der Waals surface area (Å²) in [5.74, 6) is -0.135. The third-order valence-corrected chi connectivity index (χ3v) is 10.5. The molecule has 55 heavy (non-hydrogen) atoms. The van der Waals surface area contributed by atoms with Gasteiger partial charge in [0.15, 0.2) is 16.6 Å². The second-order valence-corrected chi connectivity index (χ2v) is 14.2. The number of thioether (sulfide) groups is 1. The van der Waals surface area contributed by atoms with Crippen LogP contribution < -0.4 is 30.2 Å². The number of ether oxygens (including phenoxy) is 3. The third-order valence-electron chi connectivity index (χ3n) is 8.13. The summed E-state index contributed by atoms with van der Waals surface area (Å²) in [6, 6.07) is 35.7. The molecule has 1 heterocycles. The van der Waals surface area contributed by atoms with E-state index < -0.39 is 17.1 Å². The molecule has 6 aromatic rings. The lowest BCUT2D eigenvalue weighted by atomic mass is 10.1. The topological polar surface area (TPSA) is 128 Å². The quantitative estimate of drug-likeness (QED) is 0.0736. The Hall–Kier alpha value is -6.08. The van der Waals surface area contributed by atoms with Gasteiger partial charge in [0.05, 0.1) is 27.0 Å². The first kappa shape index (κ1) is 38.6. The van der Waals surface area contributed by atoms with Gasteiger partial charge in [-0.2, -0.15) is 0 Å².